The third-order valence-electron chi connectivity index (χ3n) is 7.64. The normalized spacial score (nSPS) is 14.8. The van der Waals surface area contributed by atoms with E-state index >= 15 is 0 Å². The summed E-state index contributed by atoms with van der Waals surface area (Å²) < 4.78 is 98.6. The van der Waals surface area contributed by atoms with Gasteiger partial charge in [0.15, 0.2) is 0 Å². The van der Waals surface area contributed by atoms with Crippen LogP contribution in [0.5, 0.6) is 0 Å². The van der Waals surface area contributed by atoms with E-state index in [0.29, 0.717) is 10.9 Å². The largest absolute Gasteiger partial charge is 0.310 e. The molecule has 8 aromatic rings. The molecule has 0 N–H and O–H groups in total. The lowest BCUT2D eigenvalue weighted by atomic mass is 9.97. The second kappa shape index (κ2) is 10.6. The van der Waals surface area contributed by atoms with Crippen LogP contribution in [0.15, 0.2) is 176 Å². The Balaban J connectivity index is 1.50. The van der Waals surface area contributed by atoms with Gasteiger partial charge in [0.25, 0.3) is 0 Å². The highest BCUT2D eigenvalue weighted by Crippen LogP contribution is 2.41. The summed E-state index contributed by atoms with van der Waals surface area (Å²) in [5.74, 6) is 0. The number of fused-ring (bicyclic) bond motifs is 3. The van der Waals surface area contributed by atoms with Crippen molar-refractivity contribution in [3.63, 3.8) is 0 Å². The molecule has 0 saturated heterocycles. The van der Waals surface area contributed by atoms with Crippen molar-refractivity contribution in [3.05, 3.63) is 176 Å². The summed E-state index contributed by atoms with van der Waals surface area (Å²) in [6.45, 7) is 0. The number of anilines is 3. The highest BCUT2D eigenvalue weighted by Gasteiger charge is 2.17. The van der Waals surface area contributed by atoms with Gasteiger partial charge in [-0.1, -0.05) is 145 Å². The van der Waals surface area contributed by atoms with Crippen molar-refractivity contribution >= 4 is 49.4 Å². The molecule has 43 heavy (non-hydrogen) atoms. The molecule has 0 spiro atoms. The van der Waals surface area contributed by atoms with Crippen LogP contribution in [0.4, 0.5) is 17.1 Å². The Morgan fingerprint density at radius 2 is 1.00 bits per heavy atom. The Kier molecular flexibility index (Phi) is 3.98. The first-order valence-corrected chi connectivity index (χ1v) is 13.9. The maximum atomic E-state index is 9.72. The van der Waals surface area contributed by atoms with E-state index in [1.165, 1.54) is 4.90 Å². The van der Waals surface area contributed by atoms with E-state index < -0.39 is 54.4 Å². The summed E-state index contributed by atoms with van der Waals surface area (Å²) in [5.41, 5.74) is 2.08. The predicted octanol–water partition coefficient (Wildman–Crippen LogP) is 11.9. The zero-order valence-electron chi connectivity index (χ0n) is 33.8. The highest BCUT2D eigenvalue weighted by atomic mass is 15.1. The van der Waals surface area contributed by atoms with Crippen LogP contribution in [0.25, 0.3) is 54.6 Å². The van der Waals surface area contributed by atoms with Crippen molar-refractivity contribution in [3.8, 4) is 22.3 Å². The molecule has 0 saturated carbocycles. The molecule has 8 rings (SSSR count). The Morgan fingerprint density at radius 1 is 0.395 bits per heavy atom. The van der Waals surface area contributed by atoms with E-state index in [1.807, 2.05) is 84.9 Å². The molecule has 0 aliphatic heterocycles. The zero-order valence-corrected chi connectivity index (χ0v) is 22.8. The van der Waals surface area contributed by atoms with E-state index in [1.54, 1.807) is 24.3 Å². The molecule has 0 unspecified atom stereocenters. The zero-order chi connectivity index (χ0) is 38.2. The van der Waals surface area contributed by atoms with Crippen molar-refractivity contribution < 1.29 is 15.1 Å². The van der Waals surface area contributed by atoms with E-state index in [0.717, 1.165) is 27.3 Å². The van der Waals surface area contributed by atoms with Gasteiger partial charge >= 0.3 is 0 Å². The monoisotopic (exact) mass is 558 g/mol. The third-order valence-corrected chi connectivity index (χ3v) is 7.64. The maximum Gasteiger partial charge on any atom is 0.0651 e. The van der Waals surface area contributed by atoms with Gasteiger partial charge in [-0.05, 0) is 79.4 Å². The minimum atomic E-state index is -0.618. The van der Waals surface area contributed by atoms with Crippen LogP contribution in [-0.4, -0.2) is 0 Å². The summed E-state index contributed by atoms with van der Waals surface area (Å²) >= 11 is 0. The van der Waals surface area contributed by atoms with Gasteiger partial charge in [0, 0.05) is 16.8 Å². The van der Waals surface area contributed by atoms with Gasteiger partial charge in [-0.2, -0.15) is 0 Å². The summed E-state index contributed by atoms with van der Waals surface area (Å²) in [7, 11) is 0. The molecule has 0 fully saturated rings. The molecule has 202 valence electrons. The minimum absolute atomic E-state index is 0.0566. The third kappa shape index (κ3) is 4.52. The number of hydrogen-bond donors (Lipinski definition) is 0. The second-order valence-electron chi connectivity index (χ2n) is 10.1. The molecule has 0 radical (unpaired) electrons. The lowest BCUT2D eigenvalue weighted by Gasteiger charge is -2.27. The Morgan fingerprint density at radius 3 is 1.74 bits per heavy atom. The van der Waals surface area contributed by atoms with Gasteiger partial charge in [0.2, 0.25) is 0 Å². The van der Waals surface area contributed by atoms with E-state index in [2.05, 4.69) is 0 Å². The summed E-state index contributed by atoms with van der Waals surface area (Å²) in [6, 6.07) is 28.0. The standard InChI is InChI=1S/C42H29N/c1-4-19-37-30(11-1)14-8-22-39(37)33-25-27-35(28-26-33)43(42-24-10-16-32-13-3-6-21-41(32)42)36-18-7-17-34(29-36)40-23-9-15-31-12-2-5-20-38(31)40/h1-29H/i3D,6D,7D,10D,13D,16D,17D,18D,21D,24D,29D. The van der Waals surface area contributed by atoms with Gasteiger partial charge < -0.3 is 4.90 Å². The van der Waals surface area contributed by atoms with Crippen LogP contribution in [0.3, 0.4) is 0 Å². The molecule has 0 amide bonds. The minimum Gasteiger partial charge on any atom is -0.310 e. The Bertz CT molecular complexity index is 2830. The lowest BCUT2D eigenvalue weighted by Crippen LogP contribution is -2.10. The second-order valence-corrected chi connectivity index (χ2v) is 10.1. The molecule has 0 aliphatic carbocycles. The van der Waals surface area contributed by atoms with Crippen LogP contribution in [0.1, 0.15) is 15.1 Å². The summed E-state index contributed by atoms with van der Waals surface area (Å²) in [4.78, 5) is 1.31. The van der Waals surface area contributed by atoms with E-state index in [9.17, 15) is 4.11 Å². The molecular formula is C42H29N. The quantitative estimate of drug-likeness (QED) is 0.203. The molecule has 1 nitrogen and oxygen atoms in total. The molecule has 1 heteroatoms. The number of rotatable bonds is 5. The summed E-state index contributed by atoms with van der Waals surface area (Å²) in [6.07, 6.45) is 0. The van der Waals surface area contributed by atoms with Crippen molar-refractivity contribution in [1.82, 2.24) is 0 Å². The van der Waals surface area contributed by atoms with Crippen molar-refractivity contribution in [2.24, 2.45) is 0 Å². The van der Waals surface area contributed by atoms with Crippen molar-refractivity contribution in [2.45, 2.75) is 0 Å². The first kappa shape index (κ1) is 16.1. The molecule has 0 aromatic heterocycles. The number of benzene rings is 8. The topological polar surface area (TPSA) is 3.24 Å². The van der Waals surface area contributed by atoms with Crippen LogP contribution < -0.4 is 4.90 Å². The fraction of sp³-hybridized carbons (Fsp3) is 0. The first-order valence-electron chi connectivity index (χ1n) is 19.4. The molecule has 8 aromatic carbocycles. The van der Waals surface area contributed by atoms with Crippen LogP contribution in [-0.2, 0) is 0 Å². The van der Waals surface area contributed by atoms with Gasteiger partial charge in [-0.15, -0.1) is 0 Å². The average Bonchev–Trinajstić information content (AvgIpc) is 3.19. The van der Waals surface area contributed by atoms with Gasteiger partial charge in [0.1, 0.15) is 0 Å². The van der Waals surface area contributed by atoms with Gasteiger partial charge in [-0.3, -0.25) is 0 Å². The Hall–Kier alpha value is -5.66. The van der Waals surface area contributed by atoms with Crippen LogP contribution >= 0.6 is 0 Å². The van der Waals surface area contributed by atoms with Gasteiger partial charge in [-0.25, -0.2) is 0 Å². The smallest absolute Gasteiger partial charge is 0.0651 e. The van der Waals surface area contributed by atoms with E-state index in [4.69, 9.17) is 11.0 Å². The maximum absolute atomic E-state index is 9.72. The molecule has 0 heterocycles. The number of hydrogen-bond acceptors (Lipinski definition) is 1. The lowest BCUT2D eigenvalue weighted by molar-refractivity contribution is 1.30. The Labute approximate surface area is 267 Å². The fourth-order valence-electron chi connectivity index (χ4n) is 5.63. The number of nitrogens with zero attached hydrogens (tertiary/aromatic N) is 1. The SMILES string of the molecule is [2H]c1c([2H])c(-c2cccc3ccccc23)c([2H])c(N(c2ccc(-c3cccc4ccccc34)cc2)c2c([2H])c([2H])c([2H])c3c([2H])c([2H])c([2H])c([2H])c23)c1[2H]. The summed E-state index contributed by atoms with van der Waals surface area (Å²) in [5, 5.41) is 3.07. The highest BCUT2D eigenvalue weighted by molar-refractivity contribution is 6.01. The average molecular weight is 559 g/mol. The van der Waals surface area contributed by atoms with Gasteiger partial charge in [0.05, 0.1) is 20.8 Å². The molecule has 0 atom stereocenters. The van der Waals surface area contributed by atoms with Crippen molar-refractivity contribution in [1.29, 1.82) is 0 Å². The molecule has 0 aliphatic rings. The molecular weight excluding hydrogens is 518 g/mol. The fourth-order valence-corrected chi connectivity index (χ4v) is 5.63. The van der Waals surface area contributed by atoms with Crippen LogP contribution in [0, 0.1) is 0 Å². The van der Waals surface area contributed by atoms with Crippen molar-refractivity contribution in [2.75, 3.05) is 4.90 Å². The first-order chi connectivity index (χ1) is 25.9. The van der Waals surface area contributed by atoms with E-state index in [-0.39, 0.29) is 45.5 Å². The predicted molar refractivity (Wildman–Crippen MR) is 185 cm³/mol. The van der Waals surface area contributed by atoms with Crippen LogP contribution in [0.2, 0.25) is 0 Å². The molecule has 0 bridgehead atoms.